The SMILES string of the molecule is CCNS(=O)(=O)c1ccc(C=CC(=O)NC(C)c2oc3ccccc3c2C)cc1. The predicted octanol–water partition coefficient (Wildman–Crippen LogP) is 3.93. The van der Waals surface area contributed by atoms with Crippen LogP contribution in [0.2, 0.25) is 0 Å². The number of amides is 1. The number of benzene rings is 2. The van der Waals surface area contributed by atoms with E-state index in [1.54, 1.807) is 25.1 Å². The average molecular weight is 413 g/mol. The molecule has 0 fully saturated rings. The van der Waals surface area contributed by atoms with Crippen LogP contribution >= 0.6 is 0 Å². The minimum Gasteiger partial charge on any atom is -0.459 e. The van der Waals surface area contributed by atoms with Gasteiger partial charge in [0.15, 0.2) is 0 Å². The summed E-state index contributed by atoms with van der Waals surface area (Å²) >= 11 is 0. The molecule has 2 aromatic carbocycles. The lowest BCUT2D eigenvalue weighted by Crippen LogP contribution is -2.24. The van der Waals surface area contributed by atoms with Crippen molar-refractivity contribution in [2.45, 2.75) is 31.7 Å². The van der Waals surface area contributed by atoms with Gasteiger partial charge < -0.3 is 9.73 Å². The maximum absolute atomic E-state index is 12.3. The summed E-state index contributed by atoms with van der Waals surface area (Å²) in [6.07, 6.45) is 3.06. The molecule has 3 rings (SSSR count). The van der Waals surface area contributed by atoms with Gasteiger partial charge in [0, 0.05) is 23.6 Å². The van der Waals surface area contributed by atoms with Crippen molar-refractivity contribution in [3.05, 3.63) is 71.5 Å². The first kappa shape index (κ1) is 20.8. The number of nitrogens with one attached hydrogen (secondary N) is 2. The fourth-order valence-electron chi connectivity index (χ4n) is 3.14. The van der Waals surface area contributed by atoms with E-state index in [1.165, 1.54) is 18.2 Å². The first-order valence-electron chi connectivity index (χ1n) is 9.38. The van der Waals surface area contributed by atoms with E-state index in [-0.39, 0.29) is 16.8 Å². The molecular weight excluding hydrogens is 388 g/mol. The molecule has 2 N–H and O–H groups in total. The van der Waals surface area contributed by atoms with Crippen LogP contribution in [0, 0.1) is 6.92 Å². The Kier molecular flexibility index (Phi) is 6.20. The third kappa shape index (κ3) is 4.75. The van der Waals surface area contributed by atoms with Crippen LogP contribution in [0.25, 0.3) is 17.0 Å². The van der Waals surface area contributed by atoms with Gasteiger partial charge in [0.25, 0.3) is 0 Å². The van der Waals surface area contributed by atoms with E-state index in [0.717, 1.165) is 27.9 Å². The highest BCUT2D eigenvalue weighted by Crippen LogP contribution is 2.29. The Labute approximate surface area is 170 Å². The topological polar surface area (TPSA) is 88.4 Å². The van der Waals surface area contributed by atoms with E-state index in [9.17, 15) is 13.2 Å². The van der Waals surface area contributed by atoms with Crippen molar-refractivity contribution >= 4 is 33.0 Å². The van der Waals surface area contributed by atoms with Gasteiger partial charge in [-0.1, -0.05) is 37.3 Å². The van der Waals surface area contributed by atoms with Crippen LogP contribution in [0.4, 0.5) is 0 Å². The standard InChI is InChI=1S/C22H24N2O4S/c1-4-23-29(26,27)18-12-9-17(10-13-18)11-14-21(25)24-16(3)22-15(2)19-7-5-6-8-20(19)28-22/h5-14,16,23H,4H2,1-3H3,(H,24,25). The number of sulfonamides is 1. The number of hydrogen-bond donors (Lipinski definition) is 2. The first-order chi connectivity index (χ1) is 13.8. The molecular formula is C22H24N2O4S. The van der Waals surface area contributed by atoms with Gasteiger partial charge in [0.05, 0.1) is 10.9 Å². The molecule has 1 amide bonds. The Morgan fingerprint density at radius 1 is 1.14 bits per heavy atom. The fourth-order valence-corrected chi connectivity index (χ4v) is 4.18. The van der Waals surface area contributed by atoms with E-state index >= 15 is 0 Å². The number of hydrogen-bond acceptors (Lipinski definition) is 4. The number of aryl methyl sites for hydroxylation is 1. The summed E-state index contributed by atoms with van der Waals surface area (Å²) in [6.45, 7) is 5.90. The molecule has 3 aromatic rings. The van der Waals surface area contributed by atoms with Crippen LogP contribution in [0.5, 0.6) is 0 Å². The number of rotatable bonds is 7. The Hall–Kier alpha value is -2.90. The highest BCUT2D eigenvalue weighted by molar-refractivity contribution is 7.89. The van der Waals surface area contributed by atoms with Crippen LogP contribution in [0.1, 0.15) is 36.8 Å². The molecule has 29 heavy (non-hydrogen) atoms. The number of furan rings is 1. The smallest absolute Gasteiger partial charge is 0.244 e. The van der Waals surface area contributed by atoms with Crippen LogP contribution in [-0.4, -0.2) is 20.9 Å². The van der Waals surface area contributed by atoms with Gasteiger partial charge in [-0.3, -0.25) is 4.79 Å². The third-order valence-electron chi connectivity index (χ3n) is 4.58. The fraction of sp³-hybridized carbons (Fsp3) is 0.227. The van der Waals surface area contributed by atoms with Crippen molar-refractivity contribution in [2.24, 2.45) is 0 Å². The van der Waals surface area contributed by atoms with Gasteiger partial charge in [0.1, 0.15) is 11.3 Å². The molecule has 0 bridgehead atoms. The molecule has 6 nitrogen and oxygen atoms in total. The molecule has 0 aliphatic heterocycles. The lowest BCUT2D eigenvalue weighted by Gasteiger charge is -2.10. The summed E-state index contributed by atoms with van der Waals surface area (Å²) in [6, 6.07) is 13.8. The monoisotopic (exact) mass is 412 g/mol. The Morgan fingerprint density at radius 2 is 1.83 bits per heavy atom. The van der Waals surface area contributed by atoms with Crippen LogP contribution < -0.4 is 10.0 Å². The van der Waals surface area contributed by atoms with Crippen molar-refractivity contribution < 1.29 is 17.6 Å². The summed E-state index contributed by atoms with van der Waals surface area (Å²) in [5, 5.41) is 3.93. The van der Waals surface area contributed by atoms with Crippen molar-refractivity contribution in [2.75, 3.05) is 6.54 Å². The Bertz CT molecular complexity index is 1150. The van der Waals surface area contributed by atoms with Crippen molar-refractivity contribution in [3.8, 4) is 0 Å². The zero-order valence-electron chi connectivity index (χ0n) is 16.6. The highest BCUT2D eigenvalue weighted by atomic mass is 32.2. The second-order valence-electron chi connectivity index (χ2n) is 6.72. The molecule has 0 aliphatic carbocycles. The van der Waals surface area contributed by atoms with Crippen LogP contribution in [0.15, 0.2) is 63.9 Å². The number of carbonyl (C=O) groups excluding carboxylic acids is 1. The second-order valence-corrected chi connectivity index (χ2v) is 8.49. The zero-order valence-corrected chi connectivity index (χ0v) is 17.4. The minimum absolute atomic E-state index is 0.190. The van der Waals surface area contributed by atoms with Gasteiger partial charge in [-0.25, -0.2) is 13.1 Å². The lowest BCUT2D eigenvalue weighted by molar-refractivity contribution is -0.117. The molecule has 0 saturated carbocycles. The molecule has 0 radical (unpaired) electrons. The molecule has 1 aromatic heterocycles. The largest absolute Gasteiger partial charge is 0.459 e. The van der Waals surface area contributed by atoms with Gasteiger partial charge in [-0.15, -0.1) is 0 Å². The summed E-state index contributed by atoms with van der Waals surface area (Å²) in [7, 11) is -3.48. The highest BCUT2D eigenvalue weighted by Gasteiger charge is 2.17. The molecule has 1 heterocycles. The van der Waals surface area contributed by atoms with E-state index < -0.39 is 10.0 Å². The molecule has 1 unspecified atom stereocenters. The Morgan fingerprint density at radius 3 is 2.48 bits per heavy atom. The summed E-state index contributed by atoms with van der Waals surface area (Å²) < 4.78 is 32.2. The molecule has 0 saturated heterocycles. The van der Waals surface area contributed by atoms with Crippen molar-refractivity contribution in [1.82, 2.24) is 10.0 Å². The van der Waals surface area contributed by atoms with E-state index in [4.69, 9.17) is 4.42 Å². The summed E-state index contributed by atoms with van der Waals surface area (Å²) in [5.41, 5.74) is 2.53. The zero-order chi connectivity index (χ0) is 21.0. The third-order valence-corrected chi connectivity index (χ3v) is 6.15. The molecule has 7 heteroatoms. The lowest BCUT2D eigenvalue weighted by atomic mass is 10.1. The summed E-state index contributed by atoms with van der Waals surface area (Å²) in [5.74, 6) is 0.465. The quantitative estimate of drug-likeness (QED) is 0.576. The van der Waals surface area contributed by atoms with E-state index in [2.05, 4.69) is 10.0 Å². The minimum atomic E-state index is -3.48. The van der Waals surface area contributed by atoms with Crippen LogP contribution in [-0.2, 0) is 14.8 Å². The van der Waals surface area contributed by atoms with E-state index in [1.807, 2.05) is 38.1 Å². The molecule has 0 aliphatic rings. The van der Waals surface area contributed by atoms with Crippen LogP contribution in [0.3, 0.4) is 0 Å². The molecule has 1 atom stereocenters. The van der Waals surface area contributed by atoms with Crippen molar-refractivity contribution in [3.63, 3.8) is 0 Å². The van der Waals surface area contributed by atoms with Gasteiger partial charge in [-0.05, 0) is 43.7 Å². The Balaban J connectivity index is 1.67. The number of fused-ring (bicyclic) bond motifs is 1. The van der Waals surface area contributed by atoms with Gasteiger partial charge >= 0.3 is 0 Å². The summed E-state index contributed by atoms with van der Waals surface area (Å²) in [4.78, 5) is 12.5. The average Bonchev–Trinajstić information content (AvgIpc) is 3.04. The van der Waals surface area contributed by atoms with E-state index in [0.29, 0.717) is 6.54 Å². The molecule has 0 spiro atoms. The maximum atomic E-state index is 12.3. The predicted molar refractivity (Wildman–Crippen MR) is 114 cm³/mol. The van der Waals surface area contributed by atoms with Gasteiger partial charge in [0.2, 0.25) is 15.9 Å². The normalized spacial score (nSPS) is 13.1. The maximum Gasteiger partial charge on any atom is 0.244 e. The van der Waals surface area contributed by atoms with Crippen molar-refractivity contribution in [1.29, 1.82) is 0 Å². The first-order valence-corrected chi connectivity index (χ1v) is 10.9. The number of para-hydroxylation sites is 1. The van der Waals surface area contributed by atoms with Gasteiger partial charge in [-0.2, -0.15) is 0 Å². The molecule has 152 valence electrons. The number of carbonyl (C=O) groups is 1. The second kappa shape index (κ2) is 8.63.